The molecule has 0 fully saturated rings. The van der Waals surface area contributed by atoms with Crippen LogP contribution >= 0.6 is 11.6 Å². The van der Waals surface area contributed by atoms with E-state index in [2.05, 4.69) is 10.5 Å². The summed E-state index contributed by atoms with van der Waals surface area (Å²) in [5.41, 5.74) is 1.27. The zero-order valence-corrected chi connectivity index (χ0v) is 17.0. The van der Waals surface area contributed by atoms with E-state index in [1.165, 1.54) is 30.3 Å². The number of nitrogens with zero attached hydrogens (tertiary/aromatic N) is 4. The van der Waals surface area contributed by atoms with Crippen LogP contribution < -0.4 is 5.43 Å². The lowest BCUT2D eigenvalue weighted by Gasteiger charge is -2.04. The highest BCUT2D eigenvalue weighted by Gasteiger charge is 2.36. The quantitative estimate of drug-likeness (QED) is 0.338. The number of nitro groups is 3. The number of carbonyl (C=O) groups excluding carboxylic acids is 1. The molecule has 4 rings (SSSR count). The summed E-state index contributed by atoms with van der Waals surface area (Å²) in [6, 6.07) is 11.3. The Labute approximate surface area is 188 Å². The Bertz CT molecular complexity index is 1400. The van der Waals surface area contributed by atoms with E-state index < -0.39 is 32.1 Å². The van der Waals surface area contributed by atoms with Crippen molar-refractivity contribution >= 4 is 40.3 Å². The first-order valence-corrected chi connectivity index (χ1v) is 9.45. The van der Waals surface area contributed by atoms with Crippen LogP contribution in [0.4, 0.5) is 17.1 Å². The molecule has 0 aliphatic heterocycles. The van der Waals surface area contributed by atoms with Crippen molar-refractivity contribution in [2.75, 3.05) is 0 Å². The average molecular weight is 468 g/mol. The standard InChI is InChI=1S/C20H10ClN5O7/c21-11-3-1-10(2-4-11)20(27)23-22-19-15-7-12(24(28)29)5-6-14(15)18-16(19)8-13(25(30)31)9-17(18)26(32)33/h1-9H,(H,23,27)/b22-19-. The van der Waals surface area contributed by atoms with Gasteiger partial charge < -0.3 is 0 Å². The molecule has 0 spiro atoms. The van der Waals surface area contributed by atoms with Crippen LogP contribution in [0.25, 0.3) is 11.1 Å². The van der Waals surface area contributed by atoms with Gasteiger partial charge in [-0.1, -0.05) is 11.6 Å². The molecule has 1 aliphatic carbocycles. The first kappa shape index (κ1) is 21.5. The maximum absolute atomic E-state index is 12.5. The second-order valence-electron chi connectivity index (χ2n) is 6.80. The highest BCUT2D eigenvalue weighted by Crippen LogP contribution is 2.45. The molecule has 3 aromatic carbocycles. The van der Waals surface area contributed by atoms with E-state index in [0.29, 0.717) is 5.02 Å². The molecule has 1 aliphatic rings. The molecule has 0 saturated heterocycles. The first-order valence-electron chi connectivity index (χ1n) is 9.07. The molecular weight excluding hydrogens is 458 g/mol. The number of carbonyl (C=O) groups is 1. The number of non-ortho nitro benzene ring substituents is 2. The van der Waals surface area contributed by atoms with Crippen molar-refractivity contribution < 1.29 is 19.6 Å². The second-order valence-corrected chi connectivity index (χ2v) is 7.23. The van der Waals surface area contributed by atoms with E-state index in [1.807, 2.05) is 0 Å². The highest BCUT2D eigenvalue weighted by atomic mass is 35.5. The molecule has 3 aromatic rings. The monoisotopic (exact) mass is 467 g/mol. The Morgan fingerprint density at radius 1 is 0.788 bits per heavy atom. The molecule has 0 heterocycles. The van der Waals surface area contributed by atoms with E-state index in [4.69, 9.17) is 11.6 Å². The molecule has 13 heteroatoms. The molecule has 0 radical (unpaired) electrons. The molecule has 0 saturated carbocycles. The lowest BCUT2D eigenvalue weighted by molar-refractivity contribution is -0.393. The molecule has 33 heavy (non-hydrogen) atoms. The van der Waals surface area contributed by atoms with Gasteiger partial charge in [0.1, 0.15) is 0 Å². The molecule has 0 unspecified atom stereocenters. The molecular formula is C20H10ClN5O7. The Morgan fingerprint density at radius 2 is 1.42 bits per heavy atom. The number of hydrogen-bond donors (Lipinski definition) is 1. The summed E-state index contributed by atoms with van der Waals surface area (Å²) < 4.78 is 0. The number of benzene rings is 3. The summed E-state index contributed by atoms with van der Waals surface area (Å²) in [6.45, 7) is 0. The molecule has 0 atom stereocenters. The number of nitro benzene ring substituents is 3. The zero-order valence-electron chi connectivity index (χ0n) is 16.2. The van der Waals surface area contributed by atoms with Crippen molar-refractivity contribution in [3.05, 3.63) is 107 Å². The van der Waals surface area contributed by atoms with Gasteiger partial charge in [0.25, 0.3) is 23.0 Å². The number of hydrazone groups is 1. The second kappa shape index (κ2) is 8.09. The normalized spacial score (nSPS) is 12.7. The van der Waals surface area contributed by atoms with Crippen LogP contribution in [0.1, 0.15) is 21.5 Å². The van der Waals surface area contributed by atoms with E-state index in [-0.39, 0.29) is 39.2 Å². The first-order chi connectivity index (χ1) is 15.7. The van der Waals surface area contributed by atoms with Crippen LogP contribution in [0.5, 0.6) is 0 Å². The number of hydrogen-bond acceptors (Lipinski definition) is 8. The van der Waals surface area contributed by atoms with Gasteiger partial charge in [0.15, 0.2) is 0 Å². The third-order valence-corrected chi connectivity index (χ3v) is 5.13. The fraction of sp³-hybridized carbons (Fsp3) is 0. The molecule has 1 amide bonds. The summed E-state index contributed by atoms with van der Waals surface area (Å²) in [6.07, 6.45) is 0. The van der Waals surface area contributed by atoms with Gasteiger partial charge in [-0.2, -0.15) is 5.10 Å². The molecule has 1 N–H and O–H groups in total. The Balaban J connectivity index is 1.90. The largest absolute Gasteiger partial charge is 0.284 e. The van der Waals surface area contributed by atoms with Gasteiger partial charge in [0.05, 0.1) is 32.1 Å². The summed E-state index contributed by atoms with van der Waals surface area (Å²) in [5.74, 6) is -0.653. The van der Waals surface area contributed by atoms with Gasteiger partial charge in [-0.15, -0.1) is 0 Å². The highest BCUT2D eigenvalue weighted by molar-refractivity contribution is 6.30. The molecule has 0 aromatic heterocycles. The third-order valence-electron chi connectivity index (χ3n) is 4.88. The van der Waals surface area contributed by atoms with E-state index >= 15 is 0 Å². The fourth-order valence-corrected chi connectivity index (χ4v) is 3.55. The van der Waals surface area contributed by atoms with Crippen LogP contribution in [-0.2, 0) is 0 Å². The maximum atomic E-state index is 12.5. The summed E-state index contributed by atoms with van der Waals surface area (Å²) in [7, 11) is 0. The van der Waals surface area contributed by atoms with Gasteiger partial charge in [0.2, 0.25) is 0 Å². The molecule has 164 valence electrons. The lowest BCUT2D eigenvalue weighted by atomic mass is 10.0. The van der Waals surface area contributed by atoms with Crippen LogP contribution in [0, 0.1) is 30.3 Å². The van der Waals surface area contributed by atoms with Crippen molar-refractivity contribution in [2.45, 2.75) is 0 Å². The van der Waals surface area contributed by atoms with Gasteiger partial charge in [-0.3, -0.25) is 35.1 Å². The van der Waals surface area contributed by atoms with Crippen molar-refractivity contribution in [1.29, 1.82) is 0 Å². The van der Waals surface area contributed by atoms with E-state index in [9.17, 15) is 35.1 Å². The smallest absolute Gasteiger partial charge is 0.267 e. The van der Waals surface area contributed by atoms with Crippen LogP contribution in [-0.4, -0.2) is 26.4 Å². The van der Waals surface area contributed by atoms with Gasteiger partial charge >= 0.3 is 0 Å². The summed E-state index contributed by atoms with van der Waals surface area (Å²) in [4.78, 5) is 44.5. The van der Waals surface area contributed by atoms with Crippen molar-refractivity contribution in [1.82, 2.24) is 5.43 Å². The lowest BCUT2D eigenvalue weighted by Crippen LogP contribution is -2.20. The summed E-state index contributed by atoms with van der Waals surface area (Å²) >= 11 is 5.81. The van der Waals surface area contributed by atoms with Gasteiger partial charge in [-0.05, 0) is 35.9 Å². The van der Waals surface area contributed by atoms with E-state index in [1.54, 1.807) is 0 Å². The Hall–Kier alpha value is -4.71. The maximum Gasteiger partial charge on any atom is 0.284 e. The Morgan fingerprint density at radius 3 is 2.03 bits per heavy atom. The van der Waals surface area contributed by atoms with Gasteiger partial charge in [-0.25, -0.2) is 5.43 Å². The SMILES string of the molecule is O=C(N/N=C1/c2cc([N+](=O)[O-])ccc2-c2c1cc([N+](=O)[O-])cc2[N+](=O)[O-])c1ccc(Cl)cc1. The van der Waals surface area contributed by atoms with Crippen LogP contribution in [0.2, 0.25) is 5.02 Å². The number of nitrogens with one attached hydrogen (secondary N) is 1. The van der Waals surface area contributed by atoms with Crippen molar-refractivity contribution in [3.8, 4) is 11.1 Å². The molecule has 12 nitrogen and oxygen atoms in total. The molecule has 0 bridgehead atoms. The van der Waals surface area contributed by atoms with Crippen LogP contribution in [0.15, 0.2) is 59.7 Å². The number of halogens is 1. The van der Waals surface area contributed by atoms with Crippen LogP contribution in [0.3, 0.4) is 0 Å². The minimum atomic E-state index is -0.803. The summed E-state index contributed by atoms with van der Waals surface area (Å²) in [5, 5.41) is 38.7. The number of fused-ring (bicyclic) bond motifs is 3. The minimum Gasteiger partial charge on any atom is -0.267 e. The minimum absolute atomic E-state index is 0.00925. The predicted molar refractivity (Wildman–Crippen MR) is 116 cm³/mol. The van der Waals surface area contributed by atoms with E-state index in [0.717, 1.165) is 24.3 Å². The number of amides is 1. The van der Waals surface area contributed by atoms with Gasteiger partial charge in [0, 0.05) is 39.9 Å². The number of rotatable bonds is 5. The fourth-order valence-electron chi connectivity index (χ4n) is 3.43. The average Bonchev–Trinajstić information content (AvgIpc) is 3.09. The van der Waals surface area contributed by atoms with Crippen molar-refractivity contribution in [3.63, 3.8) is 0 Å². The predicted octanol–water partition coefficient (Wildman–Crippen LogP) is 4.23. The van der Waals surface area contributed by atoms with Crippen molar-refractivity contribution in [2.24, 2.45) is 5.10 Å². The zero-order chi connectivity index (χ0) is 23.9. The topological polar surface area (TPSA) is 171 Å². The third kappa shape index (κ3) is 3.85. The Kier molecular flexibility index (Phi) is 5.27.